The van der Waals surface area contributed by atoms with Crippen LogP contribution in [-0.2, 0) is 10.2 Å². The first kappa shape index (κ1) is 16.5. The van der Waals surface area contributed by atoms with Crippen molar-refractivity contribution >= 4 is 11.6 Å². The number of nitrogens with zero attached hydrogens (tertiary/aromatic N) is 1. The summed E-state index contributed by atoms with van der Waals surface area (Å²) in [6.45, 7) is 5.68. The number of benzene rings is 2. The quantitative estimate of drug-likeness (QED) is 0.825. The van der Waals surface area contributed by atoms with Gasteiger partial charge in [-0.2, -0.15) is 0 Å². The van der Waals surface area contributed by atoms with Crippen LogP contribution < -0.4 is 19.1 Å². The summed E-state index contributed by atoms with van der Waals surface area (Å²) < 4.78 is 17.0. The van der Waals surface area contributed by atoms with Crippen molar-refractivity contribution in [3.8, 4) is 17.2 Å². The Kier molecular flexibility index (Phi) is 3.61. The molecule has 1 atom stereocenters. The second-order valence-electron chi connectivity index (χ2n) is 7.91. The Hall–Kier alpha value is -2.69. The molecule has 0 saturated carbocycles. The minimum Gasteiger partial charge on any atom is -0.491 e. The molecule has 3 aliphatic rings. The highest BCUT2D eigenvalue weighted by Gasteiger charge is 2.57. The normalized spacial score (nSPS) is 21.7. The molecule has 0 bridgehead atoms. The van der Waals surface area contributed by atoms with Crippen LogP contribution >= 0.6 is 0 Å². The average Bonchev–Trinajstić information content (AvgIpc) is 3.32. The van der Waals surface area contributed by atoms with Crippen LogP contribution in [0.3, 0.4) is 0 Å². The molecule has 27 heavy (non-hydrogen) atoms. The summed E-state index contributed by atoms with van der Waals surface area (Å²) in [5.74, 6) is 2.80. The third-order valence-corrected chi connectivity index (χ3v) is 5.81. The molecule has 5 rings (SSSR count). The van der Waals surface area contributed by atoms with Crippen LogP contribution in [0.15, 0.2) is 36.4 Å². The minimum atomic E-state index is -0.787. The summed E-state index contributed by atoms with van der Waals surface area (Å²) in [6, 6.07) is 11.9. The van der Waals surface area contributed by atoms with Crippen LogP contribution in [0, 0.1) is 5.92 Å². The maximum atomic E-state index is 13.7. The molecule has 0 aromatic heterocycles. The van der Waals surface area contributed by atoms with Crippen molar-refractivity contribution in [2.75, 3.05) is 24.8 Å². The van der Waals surface area contributed by atoms with E-state index in [2.05, 4.69) is 19.9 Å². The lowest BCUT2D eigenvalue weighted by Gasteiger charge is -2.23. The molecule has 2 aromatic carbocycles. The first-order valence-corrected chi connectivity index (χ1v) is 9.59. The minimum absolute atomic E-state index is 0.102. The molecule has 3 aliphatic heterocycles. The monoisotopic (exact) mass is 365 g/mol. The predicted octanol–water partition coefficient (Wildman–Crippen LogP) is 3.88. The first-order valence-electron chi connectivity index (χ1n) is 9.59. The van der Waals surface area contributed by atoms with Crippen molar-refractivity contribution < 1.29 is 19.0 Å². The highest BCUT2D eigenvalue weighted by molar-refractivity contribution is 6.11. The molecule has 1 spiro atoms. The number of amides is 1. The molecule has 0 radical (unpaired) electrons. The third-order valence-electron chi connectivity index (χ3n) is 5.81. The Morgan fingerprint density at radius 2 is 1.81 bits per heavy atom. The Bertz CT molecular complexity index is 923. The van der Waals surface area contributed by atoms with Crippen molar-refractivity contribution in [3.05, 3.63) is 47.5 Å². The maximum Gasteiger partial charge on any atom is 0.245 e. The zero-order valence-corrected chi connectivity index (χ0v) is 15.7. The maximum absolute atomic E-state index is 13.7. The van der Waals surface area contributed by atoms with Crippen LogP contribution in [0.2, 0.25) is 0 Å². The number of rotatable bonds is 4. The second-order valence-corrected chi connectivity index (χ2v) is 7.91. The lowest BCUT2D eigenvalue weighted by atomic mass is 9.77. The molecule has 5 heteroatoms. The van der Waals surface area contributed by atoms with Gasteiger partial charge in [-0.3, -0.25) is 4.79 Å². The number of anilines is 1. The van der Waals surface area contributed by atoms with Crippen molar-refractivity contribution in [1.29, 1.82) is 0 Å². The molecule has 3 heterocycles. The van der Waals surface area contributed by atoms with E-state index in [1.165, 1.54) is 0 Å². The van der Waals surface area contributed by atoms with E-state index in [9.17, 15) is 4.79 Å². The number of para-hydroxylation sites is 1. The van der Waals surface area contributed by atoms with Gasteiger partial charge in [0.15, 0.2) is 11.5 Å². The van der Waals surface area contributed by atoms with Gasteiger partial charge in [0.2, 0.25) is 12.7 Å². The van der Waals surface area contributed by atoms with Crippen LogP contribution in [0.25, 0.3) is 0 Å². The second kappa shape index (κ2) is 5.91. The van der Waals surface area contributed by atoms with Gasteiger partial charge in [-0.25, -0.2) is 0 Å². The van der Waals surface area contributed by atoms with Crippen LogP contribution in [0.1, 0.15) is 37.8 Å². The molecule has 0 N–H and O–H groups in total. The van der Waals surface area contributed by atoms with Crippen LogP contribution in [0.4, 0.5) is 5.69 Å². The van der Waals surface area contributed by atoms with Gasteiger partial charge >= 0.3 is 0 Å². The summed E-state index contributed by atoms with van der Waals surface area (Å²) >= 11 is 0. The van der Waals surface area contributed by atoms with E-state index < -0.39 is 5.41 Å². The van der Waals surface area contributed by atoms with E-state index in [0.717, 1.165) is 36.2 Å². The van der Waals surface area contributed by atoms with Gasteiger partial charge < -0.3 is 19.1 Å². The zero-order chi connectivity index (χ0) is 18.6. The van der Waals surface area contributed by atoms with E-state index in [4.69, 9.17) is 14.2 Å². The van der Waals surface area contributed by atoms with Gasteiger partial charge in [0.25, 0.3) is 0 Å². The summed E-state index contributed by atoms with van der Waals surface area (Å²) in [5.41, 5.74) is 2.12. The molecular weight excluding hydrogens is 342 g/mol. The van der Waals surface area contributed by atoms with Crippen molar-refractivity contribution in [2.45, 2.75) is 32.1 Å². The Balaban J connectivity index is 1.59. The average molecular weight is 365 g/mol. The number of fused-ring (bicyclic) bond motifs is 5. The smallest absolute Gasteiger partial charge is 0.245 e. The highest BCUT2D eigenvalue weighted by atomic mass is 16.7. The molecule has 2 aromatic rings. The Morgan fingerprint density at radius 3 is 2.63 bits per heavy atom. The highest BCUT2D eigenvalue weighted by Crippen LogP contribution is 2.54. The SMILES string of the molecule is CC(C)CCCN1C(=O)C2(COc3cc4c(cc32)OCO4)c2ccccc21. The van der Waals surface area contributed by atoms with Crippen LogP contribution in [0.5, 0.6) is 17.2 Å². The van der Waals surface area contributed by atoms with Crippen molar-refractivity contribution in [2.24, 2.45) is 5.92 Å². The van der Waals surface area contributed by atoms with E-state index in [-0.39, 0.29) is 12.7 Å². The van der Waals surface area contributed by atoms with Gasteiger partial charge in [-0.05, 0) is 36.5 Å². The number of hydrogen-bond donors (Lipinski definition) is 0. The van der Waals surface area contributed by atoms with Gasteiger partial charge in [0, 0.05) is 23.9 Å². The molecule has 0 aliphatic carbocycles. The van der Waals surface area contributed by atoms with Gasteiger partial charge in [-0.1, -0.05) is 32.0 Å². The number of hydrogen-bond acceptors (Lipinski definition) is 4. The Morgan fingerprint density at radius 1 is 1.04 bits per heavy atom. The summed E-state index contributed by atoms with van der Waals surface area (Å²) in [7, 11) is 0. The van der Waals surface area contributed by atoms with E-state index >= 15 is 0 Å². The fraction of sp³-hybridized carbons (Fsp3) is 0.409. The Labute approximate surface area is 158 Å². The van der Waals surface area contributed by atoms with E-state index in [1.807, 2.05) is 35.2 Å². The molecular formula is C22H23NO4. The van der Waals surface area contributed by atoms with E-state index in [0.29, 0.717) is 29.8 Å². The van der Waals surface area contributed by atoms with E-state index in [1.54, 1.807) is 0 Å². The van der Waals surface area contributed by atoms with Gasteiger partial charge in [-0.15, -0.1) is 0 Å². The number of ether oxygens (including phenoxy) is 3. The van der Waals surface area contributed by atoms with Gasteiger partial charge in [0.1, 0.15) is 17.8 Å². The fourth-order valence-corrected chi connectivity index (χ4v) is 4.44. The predicted molar refractivity (Wildman–Crippen MR) is 102 cm³/mol. The topological polar surface area (TPSA) is 48.0 Å². The first-order chi connectivity index (χ1) is 13.1. The standard InChI is InChI=1S/C22H23NO4/c1-14(2)6-5-9-23-17-8-4-3-7-15(17)22(21(23)24)12-25-18-11-20-19(10-16(18)22)26-13-27-20/h3-4,7-8,10-11,14H,5-6,9,12-13H2,1-2H3. The molecule has 140 valence electrons. The number of carbonyl (C=O) groups excluding carboxylic acids is 1. The molecule has 1 amide bonds. The molecule has 0 fully saturated rings. The van der Waals surface area contributed by atoms with Gasteiger partial charge in [0.05, 0.1) is 0 Å². The summed E-state index contributed by atoms with van der Waals surface area (Å²) in [5, 5.41) is 0. The molecule has 5 nitrogen and oxygen atoms in total. The molecule has 0 saturated heterocycles. The third kappa shape index (κ3) is 2.27. The fourth-order valence-electron chi connectivity index (χ4n) is 4.44. The van der Waals surface area contributed by atoms with Crippen molar-refractivity contribution in [3.63, 3.8) is 0 Å². The largest absolute Gasteiger partial charge is 0.491 e. The lowest BCUT2D eigenvalue weighted by Crippen LogP contribution is -2.42. The van der Waals surface area contributed by atoms with Crippen LogP contribution in [-0.4, -0.2) is 25.9 Å². The molecule has 1 unspecified atom stereocenters. The zero-order valence-electron chi connectivity index (χ0n) is 15.7. The summed E-state index contributed by atoms with van der Waals surface area (Å²) in [4.78, 5) is 15.6. The number of carbonyl (C=O) groups is 1. The van der Waals surface area contributed by atoms with Crippen molar-refractivity contribution in [1.82, 2.24) is 0 Å². The lowest BCUT2D eigenvalue weighted by molar-refractivity contribution is -0.122. The summed E-state index contributed by atoms with van der Waals surface area (Å²) in [6.07, 6.45) is 2.09.